The molecule has 0 radical (unpaired) electrons. The number of hydrogen-bond donors (Lipinski definition) is 1. The predicted molar refractivity (Wildman–Crippen MR) is 112 cm³/mol. The van der Waals surface area contributed by atoms with E-state index in [9.17, 15) is 13.2 Å². The third kappa shape index (κ3) is 4.68. The summed E-state index contributed by atoms with van der Waals surface area (Å²) in [6.45, 7) is 0.757. The van der Waals surface area contributed by atoms with Crippen LogP contribution in [0.15, 0.2) is 45.8 Å². The van der Waals surface area contributed by atoms with Gasteiger partial charge in [0.05, 0.1) is 11.6 Å². The lowest BCUT2D eigenvalue weighted by Crippen LogP contribution is -2.35. The van der Waals surface area contributed by atoms with Crippen LogP contribution in [0.1, 0.15) is 24.8 Å². The van der Waals surface area contributed by atoms with Crippen molar-refractivity contribution in [3.63, 3.8) is 0 Å². The van der Waals surface area contributed by atoms with Gasteiger partial charge in [-0.3, -0.25) is 4.79 Å². The number of carbonyl (C=O) groups excluding carboxylic acids is 1. The Kier molecular flexibility index (Phi) is 6.65. The lowest BCUT2D eigenvalue weighted by atomic mass is 10.1. The number of benzene rings is 2. The molecule has 1 saturated heterocycles. The molecule has 3 rings (SSSR count). The summed E-state index contributed by atoms with van der Waals surface area (Å²) in [5.41, 5.74) is 1.53. The van der Waals surface area contributed by atoms with Crippen molar-refractivity contribution in [3.05, 3.63) is 51.5 Å². The van der Waals surface area contributed by atoms with Crippen LogP contribution in [0.4, 0.5) is 5.69 Å². The number of carbonyl (C=O) groups is 1. The van der Waals surface area contributed by atoms with E-state index in [4.69, 9.17) is 16.3 Å². The lowest BCUT2D eigenvalue weighted by molar-refractivity contribution is -0.119. The maximum absolute atomic E-state index is 12.8. The van der Waals surface area contributed by atoms with Crippen molar-refractivity contribution >= 4 is 49.1 Å². The van der Waals surface area contributed by atoms with Gasteiger partial charge in [0.25, 0.3) is 0 Å². The monoisotopic (exact) mass is 486 g/mol. The molecular weight excluding hydrogens is 468 g/mol. The first-order valence-corrected chi connectivity index (χ1v) is 11.4. The van der Waals surface area contributed by atoms with Crippen molar-refractivity contribution in [2.45, 2.75) is 30.7 Å². The van der Waals surface area contributed by atoms with Gasteiger partial charge >= 0.3 is 0 Å². The Labute approximate surface area is 178 Å². The van der Waals surface area contributed by atoms with Crippen LogP contribution in [0.2, 0.25) is 5.02 Å². The van der Waals surface area contributed by atoms with E-state index >= 15 is 0 Å². The van der Waals surface area contributed by atoms with Gasteiger partial charge in [-0.05, 0) is 58.6 Å². The van der Waals surface area contributed by atoms with Crippen molar-refractivity contribution in [2.75, 3.05) is 18.6 Å². The van der Waals surface area contributed by atoms with Gasteiger partial charge in [-0.1, -0.05) is 23.7 Å². The number of ether oxygens (including phenoxy) is 1. The zero-order valence-electron chi connectivity index (χ0n) is 15.2. The number of amides is 1. The van der Waals surface area contributed by atoms with Crippen LogP contribution < -0.4 is 14.4 Å². The first kappa shape index (κ1) is 21.1. The number of piperidine rings is 1. The molecule has 6 nitrogen and oxygen atoms in total. The minimum atomic E-state index is -3.86. The van der Waals surface area contributed by atoms with Gasteiger partial charge < -0.3 is 9.64 Å². The molecule has 1 aliphatic heterocycles. The molecule has 2 aromatic rings. The number of nitrogens with zero attached hydrogens (tertiary/aromatic N) is 1. The highest BCUT2D eigenvalue weighted by Gasteiger charge is 2.23. The molecular formula is C19H20BrClN2O4S. The highest BCUT2D eigenvalue weighted by molar-refractivity contribution is 9.10. The fourth-order valence-corrected chi connectivity index (χ4v) is 5.50. The SMILES string of the molecule is COc1c(Br)cc(Cl)cc1S(=O)(=O)NCc1cccc(N2CCCCC2=O)c1. The summed E-state index contributed by atoms with van der Waals surface area (Å²) >= 11 is 9.27. The zero-order chi connectivity index (χ0) is 20.3. The Hall–Kier alpha value is -1.61. The summed E-state index contributed by atoms with van der Waals surface area (Å²) in [7, 11) is -2.47. The quantitative estimate of drug-likeness (QED) is 0.665. The van der Waals surface area contributed by atoms with Crippen LogP contribution in [-0.4, -0.2) is 28.0 Å². The molecule has 0 aliphatic carbocycles. The van der Waals surface area contributed by atoms with Gasteiger partial charge in [0, 0.05) is 30.2 Å². The highest BCUT2D eigenvalue weighted by atomic mass is 79.9. The van der Waals surface area contributed by atoms with E-state index in [2.05, 4.69) is 20.7 Å². The number of methoxy groups -OCH3 is 1. The standard InChI is InChI=1S/C19H20BrClN2O4S/c1-27-19-16(20)10-14(21)11-17(19)28(25,26)22-12-13-5-4-6-15(9-13)23-8-3-2-7-18(23)24/h4-6,9-11,22H,2-3,7-8,12H2,1H3. The Balaban J connectivity index is 1.80. The minimum Gasteiger partial charge on any atom is -0.494 e. The Morgan fingerprint density at radius 3 is 2.75 bits per heavy atom. The number of hydrogen-bond acceptors (Lipinski definition) is 4. The van der Waals surface area contributed by atoms with Crippen molar-refractivity contribution in [2.24, 2.45) is 0 Å². The zero-order valence-corrected chi connectivity index (χ0v) is 18.4. The van der Waals surface area contributed by atoms with Crippen LogP contribution in [-0.2, 0) is 21.4 Å². The smallest absolute Gasteiger partial charge is 0.244 e. The molecule has 1 heterocycles. The molecule has 1 amide bonds. The normalized spacial score (nSPS) is 15.0. The molecule has 9 heteroatoms. The van der Waals surface area contributed by atoms with E-state index in [0.717, 1.165) is 24.1 Å². The molecule has 28 heavy (non-hydrogen) atoms. The van der Waals surface area contributed by atoms with Crippen LogP contribution in [0.25, 0.3) is 0 Å². The van der Waals surface area contributed by atoms with Crippen LogP contribution in [0.3, 0.4) is 0 Å². The van der Waals surface area contributed by atoms with Gasteiger partial charge in [0.15, 0.2) is 5.75 Å². The van der Waals surface area contributed by atoms with Crippen molar-refractivity contribution in [1.82, 2.24) is 4.72 Å². The summed E-state index contributed by atoms with van der Waals surface area (Å²) in [5, 5.41) is 0.277. The van der Waals surface area contributed by atoms with E-state index in [1.807, 2.05) is 24.3 Å². The molecule has 150 valence electrons. The molecule has 1 N–H and O–H groups in total. The molecule has 1 aliphatic rings. The Morgan fingerprint density at radius 1 is 1.25 bits per heavy atom. The third-order valence-electron chi connectivity index (χ3n) is 4.48. The second-order valence-electron chi connectivity index (χ2n) is 6.42. The fraction of sp³-hybridized carbons (Fsp3) is 0.316. The van der Waals surface area contributed by atoms with E-state index < -0.39 is 10.0 Å². The highest BCUT2D eigenvalue weighted by Crippen LogP contribution is 2.35. The van der Waals surface area contributed by atoms with Crippen LogP contribution >= 0.6 is 27.5 Å². The first-order chi connectivity index (χ1) is 13.3. The van der Waals surface area contributed by atoms with E-state index in [1.165, 1.54) is 13.2 Å². The number of nitrogens with one attached hydrogen (secondary N) is 1. The lowest BCUT2D eigenvalue weighted by Gasteiger charge is -2.27. The van der Waals surface area contributed by atoms with E-state index in [0.29, 0.717) is 17.4 Å². The number of anilines is 1. The first-order valence-electron chi connectivity index (χ1n) is 8.74. The molecule has 2 aromatic carbocycles. The predicted octanol–water partition coefficient (Wildman–Crippen LogP) is 4.11. The van der Waals surface area contributed by atoms with E-state index in [1.54, 1.807) is 11.0 Å². The molecule has 0 spiro atoms. The van der Waals surface area contributed by atoms with Gasteiger partial charge in [-0.2, -0.15) is 0 Å². The number of sulfonamides is 1. The van der Waals surface area contributed by atoms with Crippen molar-refractivity contribution in [1.29, 1.82) is 0 Å². The molecule has 0 bridgehead atoms. The van der Waals surface area contributed by atoms with Gasteiger partial charge in [0.2, 0.25) is 15.9 Å². The largest absolute Gasteiger partial charge is 0.494 e. The second kappa shape index (κ2) is 8.82. The third-order valence-corrected chi connectivity index (χ3v) is 6.69. The van der Waals surface area contributed by atoms with Crippen LogP contribution in [0.5, 0.6) is 5.75 Å². The maximum atomic E-state index is 12.8. The topological polar surface area (TPSA) is 75.7 Å². The van der Waals surface area contributed by atoms with Crippen molar-refractivity contribution in [3.8, 4) is 5.75 Å². The van der Waals surface area contributed by atoms with Crippen molar-refractivity contribution < 1.29 is 17.9 Å². The fourth-order valence-electron chi connectivity index (χ4n) is 3.10. The summed E-state index contributed by atoms with van der Waals surface area (Å²) in [6, 6.07) is 10.2. The number of rotatable bonds is 6. The van der Waals surface area contributed by atoms with E-state index in [-0.39, 0.29) is 28.1 Å². The average Bonchev–Trinajstić information content (AvgIpc) is 2.66. The molecule has 0 saturated carbocycles. The molecule has 1 fully saturated rings. The average molecular weight is 488 g/mol. The van der Waals surface area contributed by atoms with Gasteiger partial charge in [-0.15, -0.1) is 0 Å². The summed E-state index contributed by atoms with van der Waals surface area (Å²) < 4.78 is 33.8. The molecule has 0 unspecified atom stereocenters. The van der Waals surface area contributed by atoms with Gasteiger partial charge in [0.1, 0.15) is 4.90 Å². The Bertz CT molecular complexity index is 997. The summed E-state index contributed by atoms with van der Waals surface area (Å²) in [5.74, 6) is 0.280. The second-order valence-corrected chi connectivity index (χ2v) is 9.44. The van der Waals surface area contributed by atoms with Crippen LogP contribution in [0, 0.1) is 0 Å². The van der Waals surface area contributed by atoms with Gasteiger partial charge in [-0.25, -0.2) is 13.1 Å². The summed E-state index contributed by atoms with van der Waals surface area (Å²) in [4.78, 5) is 13.8. The maximum Gasteiger partial charge on any atom is 0.244 e. The Morgan fingerprint density at radius 2 is 2.04 bits per heavy atom. The molecule has 0 atom stereocenters. The number of halogens is 2. The minimum absolute atomic E-state index is 0.0447. The molecule has 0 aromatic heterocycles. The summed E-state index contributed by atoms with van der Waals surface area (Å²) in [6.07, 6.45) is 2.41.